The van der Waals surface area contributed by atoms with Gasteiger partial charge in [0.15, 0.2) is 0 Å². The van der Waals surface area contributed by atoms with Gasteiger partial charge in [0.05, 0.1) is 19.0 Å². The number of imidazole rings is 1. The molecule has 0 N–H and O–H groups in total. The van der Waals surface area contributed by atoms with Gasteiger partial charge in [0, 0.05) is 12.4 Å². The van der Waals surface area contributed by atoms with Crippen molar-refractivity contribution in [3.05, 3.63) is 78.4 Å². The summed E-state index contributed by atoms with van der Waals surface area (Å²) in [7, 11) is 1.57. The molecule has 0 bridgehead atoms. The summed E-state index contributed by atoms with van der Waals surface area (Å²) in [5, 5.41) is 0. The largest absolute Gasteiger partial charge is 0.497 e. The zero-order valence-corrected chi connectivity index (χ0v) is 14.7. The summed E-state index contributed by atoms with van der Waals surface area (Å²) in [6.07, 6.45) is 4.31. The lowest BCUT2D eigenvalue weighted by molar-refractivity contribution is -0.00903. The summed E-state index contributed by atoms with van der Waals surface area (Å²) in [6, 6.07) is 14.4. The molecule has 1 atom stereocenters. The van der Waals surface area contributed by atoms with Crippen molar-refractivity contribution < 1.29 is 19.0 Å². The molecule has 6 heteroatoms. The fourth-order valence-electron chi connectivity index (χ4n) is 2.42. The molecule has 2 aromatic carbocycles. The fraction of sp³-hybridized carbons (Fsp3) is 0.200. The van der Waals surface area contributed by atoms with Crippen LogP contribution in [-0.2, 0) is 4.74 Å². The van der Waals surface area contributed by atoms with Crippen molar-refractivity contribution in [3.8, 4) is 11.5 Å². The number of para-hydroxylation sites is 1. The predicted octanol–water partition coefficient (Wildman–Crippen LogP) is 3.63. The second-order valence-corrected chi connectivity index (χ2v) is 5.67. The molecule has 0 fully saturated rings. The Kier molecular flexibility index (Phi) is 5.53. The van der Waals surface area contributed by atoms with E-state index in [4.69, 9.17) is 14.2 Å². The quantitative estimate of drug-likeness (QED) is 0.608. The van der Waals surface area contributed by atoms with Crippen LogP contribution in [0.5, 0.6) is 11.5 Å². The number of carbonyl (C=O) groups is 1. The highest BCUT2D eigenvalue weighted by atomic mass is 16.6. The molecule has 1 aromatic heterocycles. The van der Waals surface area contributed by atoms with Crippen LogP contribution in [0, 0.1) is 6.92 Å². The first-order valence-corrected chi connectivity index (χ1v) is 8.18. The lowest BCUT2D eigenvalue weighted by Gasteiger charge is -2.20. The normalized spacial score (nSPS) is 11.6. The number of esters is 1. The lowest BCUT2D eigenvalue weighted by Crippen LogP contribution is -2.23. The summed E-state index contributed by atoms with van der Waals surface area (Å²) in [4.78, 5) is 16.5. The Morgan fingerprint density at radius 3 is 2.58 bits per heavy atom. The van der Waals surface area contributed by atoms with E-state index in [-0.39, 0.29) is 6.61 Å². The highest BCUT2D eigenvalue weighted by molar-refractivity contribution is 5.89. The van der Waals surface area contributed by atoms with Crippen LogP contribution in [-0.4, -0.2) is 29.2 Å². The molecule has 0 radical (unpaired) electrons. The van der Waals surface area contributed by atoms with Crippen LogP contribution < -0.4 is 9.47 Å². The van der Waals surface area contributed by atoms with E-state index in [1.807, 2.05) is 31.2 Å². The van der Waals surface area contributed by atoms with Crippen molar-refractivity contribution in [3.63, 3.8) is 0 Å². The standard InChI is InChI=1S/C20H20N2O4/c1-15-5-3-4-6-18(15)25-13-19(22-12-11-21-14-22)26-20(23)16-7-9-17(24-2)10-8-16/h3-12,14,19H,13H2,1-2H3. The number of carbonyl (C=O) groups excluding carboxylic acids is 1. The molecule has 0 spiro atoms. The number of aryl methyl sites for hydroxylation is 1. The molecule has 0 amide bonds. The van der Waals surface area contributed by atoms with E-state index < -0.39 is 12.2 Å². The Labute approximate surface area is 152 Å². The Hall–Kier alpha value is -3.28. The molecular weight excluding hydrogens is 332 g/mol. The van der Waals surface area contributed by atoms with Gasteiger partial charge in [-0.05, 0) is 42.8 Å². The zero-order valence-electron chi connectivity index (χ0n) is 14.7. The molecule has 1 unspecified atom stereocenters. The van der Waals surface area contributed by atoms with E-state index >= 15 is 0 Å². The average Bonchev–Trinajstić information content (AvgIpc) is 3.21. The van der Waals surface area contributed by atoms with Gasteiger partial charge in [-0.3, -0.25) is 4.57 Å². The van der Waals surface area contributed by atoms with Gasteiger partial charge in [0.25, 0.3) is 0 Å². The number of aromatic nitrogens is 2. The van der Waals surface area contributed by atoms with Crippen LogP contribution in [0.15, 0.2) is 67.3 Å². The number of hydrogen-bond acceptors (Lipinski definition) is 5. The molecule has 0 aliphatic heterocycles. The molecule has 3 rings (SSSR count). The van der Waals surface area contributed by atoms with Crippen LogP contribution in [0.2, 0.25) is 0 Å². The van der Waals surface area contributed by atoms with E-state index in [2.05, 4.69) is 4.98 Å². The number of benzene rings is 2. The van der Waals surface area contributed by atoms with Crippen LogP contribution in [0.25, 0.3) is 0 Å². The monoisotopic (exact) mass is 352 g/mol. The summed E-state index contributed by atoms with van der Waals surface area (Å²) >= 11 is 0. The Morgan fingerprint density at radius 1 is 1.15 bits per heavy atom. The highest BCUT2D eigenvalue weighted by Crippen LogP contribution is 2.20. The minimum Gasteiger partial charge on any atom is -0.497 e. The molecule has 134 valence electrons. The first-order chi connectivity index (χ1) is 12.7. The second kappa shape index (κ2) is 8.20. The predicted molar refractivity (Wildman–Crippen MR) is 96.3 cm³/mol. The summed E-state index contributed by atoms with van der Waals surface area (Å²) in [5.41, 5.74) is 1.45. The summed E-state index contributed by atoms with van der Waals surface area (Å²) in [6.45, 7) is 2.13. The third kappa shape index (κ3) is 4.22. The molecule has 0 aliphatic rings. The Bertz CT molecular complexity index is 845. The van der Waals surface area contributed by atoms with Crippen LogP contribution in [0.4, 0.5) is 0 Å². The van der Waals surface area contributed by atoms with Crippen molar-refractivity contribution >= 4 is 5.97 Å². The minimum absolute atomic E-state index is 0.170. The molecule has 6 nitrogen and oxygen atoms in total. The van der Waals surface area contributed by atoms with Crippen LogP contribution in [0.3, 0.4) is 0 Å². The second-order valence-electron chi connectivity index (χ2n) is 5.67. The van der Waals surface area contributed by atoms with E-state index in [0.717, 1.165) is 11.3 Å². The zero-order chi connectivity index (χ0) is 18.4. The van der Waals surface area contributed by atoms with Gasteiger partial charge in [-0.1, -0.05) is 18.2 Å². The first kappa shape index (κ1) is 17.5. The maximum atomic E-state index is 12.5. The Morgan fingerprint density at radius 2 is 1.92 bits per heavy atom. The van der Waals surface area contributed by atoms with Crippen LogP contribution >= 0.6 is 0 Å². The van der Waals surface area contributed by atoms with Crippen molar-refractivity contribution in [2.24, 2.45) is 0 Å². The molecule has 0 saturated carbocycles. The lowest BCUT2D eigenvalue weighted by atomic mass is 10.2. The van der Waals surface area contributed by atoms with Gasteiger partial charge in [0.2, 0.25) is 6.23 Å². The topological polar surface area (TPSA) is 62.6 Å². The molecular formula is C20H20N2O4. The molecule has 0 aliphatic carbocycles. The van der Waals surface area contributed by atoms with Gasteiger partial charge < -0.3 is 14.2 Å². The molecule has 0 saturated heterocycles. The van der Waals surface area contributed by atoms with Crippen molar-refractivity contribution in [1.29, 1.82) is 0 Å². The van der Waals surface area contributed by atoms with E-state index in [0.29, 0.717) is 11.3 Å². The number of nitrogens with zero attached hydrogens (tertiary/aromatic N) is 2. The van der Waals surface area contributed by atoms with Gasteiger partial charge in [-0.15, -0.1) is 0 Å². The van der Waals surface area contributed by atoms with Gasteiger partial charge >= 0.3 is 5.97 Å². The minimum atomic E-state index is -0.633. The third-order valence-electron chi connectivity index (χ3n) is 3.90. The highest BCUT2D eigenvalue weighted by Gasteiger charge is 2.19. The van der Waals surface area contributed by atoms with Gasteiger partial charge in [-0.25, -0.2) is 9.78 Å². The van der Waals surface area contributed by atoms with Crippen molar-refractivity contribution in [1.82, 2.24) is 9.55 Å². The first-order valence-electron chi connectivity index (χ1n) is 8.18. The molecule has 1 heterocycles. The Balaban J connectivity index is 1.72. The van der Waals surface area contributed by atoms with Crippen LogP contribution in [0.1, 0.15) is 22.1 Å². The number of ether oxygens (including phenoxy) is 3. The average molecular weight is 352 g/mol. The third-order valence-corrected chi connectivity index (χ3v) is 3.90. The summed E-state index contributed by atoms with van der Waals surface area (Å²) < 4.78 is 18.3. The van der Waals surface area contributed by atoms with Crippen molar-refractivity contribution in [2.75, 3.05) is 13.7 Å². The SMILES string of the molecule is COc1ccc(C(=O)OC(COc2ccccc2C)n2ccnc2)cc1. The number of rotatable bonds is 7. The van der Waals surface area contributed by atoms with Gasteiger partial charge in [-0.2, -0.15) is 0 Å². The number of hydrogen-bond donors (Lipinski definition) is 0. The molecule has 3 aromatic rings. The van der Waals surface area contributed by atoms with Crippen molar-refractivity contribution in [2.45, 2.75) is 13.2 Å². The smallest absolute Gasteiger partial charge is 0.340 e. The van der Waals surface area contributed by atoms with E-state index in [1.54, 1.807) is 54.7 Å². The van der Waals surface area contributed by atoms with E-state index in [1.165, 1.54) is 0 Å². The van der Waals surface area contributed by atoms with E-state index in [9.17, 15) is 4.79 Å². The number of methoxy groups -OCH3 is 1. The fourth-order valence-corrected chi connectivity index (χ4v) is 2.42. The molecule has 26 heavy (non-hydrogen) atoms. The van der Waals surface area contributed by atoms with Gasteiger partial charge in [0.1, 0.15) is 18.1 Å². The summed E-state index contributed by atoms with van der Waals surface area (Å²) in [5.74, 6) is 0.980. The maximum absolute atomic E-state index is 12.5. The maximum Gasteiger partial charge on any atom is 0.340 e.